The fourth-order valence-corrected chi connectivity index (χ4v) is 3.05. The quantitative estimate of drug-likeness (QED) is 0.912. The Morgan fingerprint density at radius 1 is 1.09 bits per heavy atom. The van der Waals surface area contributed by atoms with E-state index in [1.165, 1.54) is 24.1 Å². The third-order valence-corrected chi connectivity index (χ3v) is 4.32. The van der Waals surface area contributed by atoms with E-state index in [-0.39, 0.29) is 11.7 Å². The van der Waals surface area contributed by atoms with Crippen LogP contribution < -0.4 is 5.43 Å². The molecule has 4 heteroatoms. The first kappa shape index (κ1) is 15.6. The van der Waals surface area contributed by atoms with Crippen LogP contribution >= 0.6 is 0 Å². The minimum absolute atomic E-state index is 0.120. The largest absolute Gasteiger partial charge is 0.508 e. The summed E-state index contributed by atoms with van der Waals surface area (Å²) >= 11 is 0. The Labute approximate surface area is 136 Å². The molecule has 1 amide bonds. The molecule has 2 N–H and O–H groups in total. The molecule has 23 heavy (non-hydrogen) atoms. The predicted octanol–water partition coefficient (Wildman–Crippen LogP) is 3.13. The zero-order chi connectivity index (χ0) is 16.1. The van der Waals surface area contributed by atoms with Gasteiger partial charge in [0.2, 0.25) is 0 Å². The lowest BCUT2D eigenvalue weighted by Crippen LogP contribution is -2.51. The van der Waals surface area contributed by atoms with Gasteiger partial charge in [0.25, 0.3) is 5.91 Å². The number of rotatable bonds is 4. The molecule has 1 atom stereocenters. The zero-order valence-corrected chi connectivity index (χ0v) is 13.1. The van der Waals surface area contributed by atoms with Crippen LogP contribution in [0.25, 0.3) is 0 Å². The van der Waals surface area contributed by atoms with Crippen molar-refractivity contribution in [3.63, 3.8) is 0 Å². The van der Waals surface area contributed by atoms with Crippen molar-refractivity contribution in [1.29, 1.82) is 0 Å². The topological polar surface area (TPSA) is 52.6 Å². The summed E-state index contributed by atoms with van der Waals surface area (Å²) in [7, 11) is 0. The number of phenolic OH excluding ortho intramolecular Hbond substituents is 1. The Hall–Kier alpha value is -2.33. The normalized spacial score (nSPS) is 18.5. The number of aromatic hydroxyl groups is 1. The van der Waals surface area contributed by atoms with E-state index in [9.17, 15) is 9.90 Å². The lowest BCUT2D eigenvalue weighted by Gasteiger charge is -2.35. The van der Waals surface area contributed by atoms with Gasteiger partial charge in [-0.1, -0.05) is 36.8 Å². The molecule has 1 unspecified atom stereocenters. The van der Waals surface area contributed by atoms with Crippen molar-refractivity contribution in [3.8, 4) is 5.75 Å². The molecule has 1 heterocycles. The Bertz CT molecular complexity index is 640. The summed E-state index contributed by atoms with van der Waals surface area (Å²) in [5, 5.41) is 11.4. The van der Waals surface area contributed by atoms with Crippen molar-refractivity contribution in [2.75, 3.05) is 6.54 Å². The van der Waals surface area contributed by atoms with E-state index in [0.717, 1.165) is 25.8 Å². The number of carbonyl (C=O) groups excluding carboxylic acids is 1. The number of piperidine rings is 1. The molecular formula is C19H22N2O2. The van der Waals surface area contributed by atoms with E-state index in [1.807, 2.05) is 6.07 Å². The van der Waals surface area contributed by atoms with Crippen LogP contribution in [0.5, 0.6) is 5.75 Å². The molecule has 0 radical (unpaired) electrons. The molecule has 0 bridgehead atoms. The van der Waals surface area contributed by atoms with Crippen molar-refractivity contribution >= 4 is 5.91 Å². The van der Waals surface area contributed by atoms with Crippen molar-refractivity contribution < 1.29 is 9.90 Å². The van der Waals surface area contributed by atoms with Crippen molar-refractivity contribution in [2.24, 2.45) is 0 Å². The maximum absolute atomic E-state index is 12.4. The Morgan fingerprint density at radius 2 is 1.83 bits per heavy atom. The second kappa shape index (κ2) is 7.29. The van der Waals surface area contributed by atoms with Gasteiger partial charge in [0.05, 0.1) is 0 Å². The number of hydrazine groups is 1. The van der Waals surface area contributed by atoms with Gasteiger partial charge < -0.3 is 5.11 Å². The number of nitrogens with zero attached hydrogens (tertiary/aromatic N) is 1. The van der Waals surface area contributed by atoms with Crippen LogP contribution in [0.15, 0.2) is 54.6 Å². The Kier molecular flexibility index (Phi) is 4.93. The smallest absolute Gasteiger partial charge is 0.265 e. The molecule has 1 fully saturated rings. The fourth-order valence-electron chi connectivity index (χ4n) is 3.05. The van der Waals surface area contributed by atoms with Gasteiger partial charge in [0.1, 0.15) is 5.75 Å². The maximum atomic E-state index is 12.4. The monoisotopic (exact) mass is 310 g/mol. The number of benzene rings is 2. The second-order valence-electron chi connectivity index (χ2n) is 6.02. The van der Waals surface area contributed by atoms with Crippen LogP contribution in [0.1, 0.15) is 35.2 Å². The third kappa shape index (κ3) is 4.11. The molecule has 0 saturated carbocycles. The molecule has 120 valence electrons. The van der Waals surface area contributed by atoms with E-state index >= 15 is 0 Å². The van der Waals surface area contributed by atoms with E-state index in [4.69, 9.17) is 0 Å². The summed E-state index contributed by atoms with van der Waals surface area (Å²) < 4.78 is 0. The highest BCUT2D eigenvalue weighted by Gasteiger charge is 2.24. The third-order valence-electron chi connectivity index (χ3n) is 4.32. The van der Waals surface area contributed by atoms with Crippen LogP contribution in [0.4, 0.5) is 0 Å². The van der Waals surface area contributed by atoms with Gasteiger partial charge in [0.15, 0.2) is 0 Å². The molecule has 2 aromatic rings. The lowest BCUT2D eigenvalue weighted by atomic mass is 9.97. The van der Waals surface area contributed by atoms with Crippen molar-refractivity contribution in [3.05, 3.63) is 65.7 Å². The standard InChI is InChI=1S/C19H22N2O2/c22-18-11-9-16(10-12-18)19(23)20-21-13-5-4-8-17(21)14-15-6-2-1-3-7-15/h1-3,6-7,9-12,17,22H,4-5,8,13-14H2,(H,20,23). The predicted molar refractivity (Wildman–Crippen MR) is 90.1 cm³/mol. The highest BCUT2D eigenvalue weighted by molar-refractivity contribution is 5.93. The van der Waals surface area contributed by atoms with Gasteiger partial charge in [-0.05, 0) is 49.1 Å². The summed E-state index contributed by atoms with van der Waals surface area (Å²) in [5.41, 5.74) is 4.89. The lowest BCUT2D eigenvalue weighted by molar-refractivity contribution is 0.0573. The first-order valence-electron chi connectivity index (χ1n) is 8.13. The Balaban J connectivity index is 1.66. The summed E-state index contributed by atoms with van der Waals surface area (Å²) in [6.07, 6.45) is 4.33. The zero-order valence-electron chi connectivity index (χ0n) is 13.1. The van der Waals surface area contributed by atoms with E-state index in [1.54, 1.807) is 12.1 Å². The number of hydrogen-bond donors (Lipinski definition) is 2. The SMILES string of the molecule is O=C(NN1CCCCC1Cc1ccccc1)c1ccc(O)cc1. The highest BCUT2D eigenvalue weighted by Crippen LogP contribution is 2.19. The molecule has 1 aliphatic rings. The minimum atomic E-state index is -0.120. The average Bonchev–Trinajstić information content (AvgIpc) is 2.58. The van der Waals surface area contributed by atoms with Crippen LogP contribution in [0.2, 0.25) is 0 Å². The van der Waals surface area contributed by atoms with Crippen LogP contribution in [-0.2, 0) is 6.42 Å². The van der Waals surface area contributed by atoms with Crippen LogP contribution in [-0.4, -0.2) is 28.6 Å². The van der Waals surface area contributed by atoms with Gasteiger partial charge in [-0.2, -0.15) is 0 Å². The molecule has 4 nitrogen and oxygen atoms in total. The fraction of sp³-hybridized carbons (Fsp3) is 0.316. The number of amides is 1. The molecule has 1 aliphatic heterocycles. The second-order valence-corrected chi connectivity index (χ2v) is 6.02. The highest BCUT2D eigenvalue weighted by atomic mass is 16.3. The Morgan fingerprint density at radius 3 is 2.57 bits per heavy atom. The number of nitrogens with one attached hydrogen (secondary N) is 1. The van der Waals surface area contributed by atoms with Gasteiger partial charge in [-0.25, -0.2) is 5.01 Å². The molecule has 1 saturated heterocycles. The molecular weight excluding hydrogens is 288 g/mol. The number of phenols is 1. The molecule has 0 aromatic heterocycles. The molecule has 2 aromatic carbocycles. The summed E-state index contributed by atoms with van der Waals surface area (Å²) in [6.45, 7) is 0.876. The van der Waals surface area contributed by atoms with Gasteiger partial charge in [-0.15, -0.1) is 0 Å². The first-order valence-corrected chi connectivity index (χ1v) is 8.13. The summed E-state index contributed by atoms with van der Waals surface area (Å²) in [4.78, 5) is 12.4. The van der Waals surface area contributed by atoms with E-state index < -0.39 is 0 Å². The van der Waals surface area contributed by atoms with Gasteiger partial charge >= 0.3 is 0 Å². The molecule has 3 rings (SSSR count). The number of hydrogen-bond acceptors (Lipinski definition) is 3. The maximum Gasteiger partial charge on any atom is 0.265 e. The molecule has 0 spiro atoms. The van der Waals surface area contributed by atoms with Gasteiger partial charge in [-0.3, -0.25) is 10.2 Å². The molecule has 0 aliphatic carbocycles. The first-order chi connectivity index (χ1) is 11.2. The van der Waals surface area contributed by atoms with E-state index in [0.29, 0.717) is 11.6 Å². The minimum Gasteiger partial charge on any atom is -0.508 e. The van der Waals surface area contributed by atoms with Crippen molar-refractivity contribution in [1.82, 2.24) is 10.4 Å². The summed E-state index contributed by atoms with van der Waals surface area (Å²) in [6, 6.07) is 17.1. The average molecular weight is 310 g/mol. The summed E-state index contributed by atoms with van der Waals surface area (Å²) in [5.74, 6) is 0.0476. The number of carbonyl (C=O) groups is 1. The van der Waals surface area contributed by atoms with Crippen molar-refractivity contribution in [2.45, 2.75) is 31.7 Å². The van der Waals surface area contributed by atoms with Gasteiger partial charge in [0, 0.05) is 18.2 Å². The van der Waals surface area contributed by atoms with Crippen LogP contribution in [0.3, 0.4) is 0 Å². The van der Waals surface area contributed by atoms with Crippen LogP contribution in [0, 0.1) is 0 Å². The van der Waals surface area contributed by atoms with E-state index in [2.05, 4.69) is 34.7 Å².